The maximum Gasteiger partial charge on any atom is 0.301 e. The summed E-state index contributed by atoms with van der Waals surface area (Å²) in [7, 11) is -2.88. The van der Waals surface area contributed by atoms with E-state index >= 15 is 0 Å². The summed E-state index contributed by atoms with van der Waals surface area (Å²) in [5.74, 6) is 0.465. The van der Waals surface area contributed by atoms with Crippen LogP contribution in [0.15, 0.2) is 30.5 Å². The van der Waals surface area contributed by atoms with Crippen LogP contribution in [-0.2, 0) is 9.84 Å². The molecule has 1 aromatic carbocycles. The van der Waals surface area contributed by atoms with Crippen molar-refractivity contribution in [2.45, 2.75) is 18.9 Å². The van der Waals surface area contributed by atoms with Gasteiger partial charge in [-0.25, -0.2) is 8.42 Å². The maximum absolute atomic E-state index is 11.7. The highest BCUT2D eigenvalue weighted by molar-refractivity contribution is 7.91. The number of fused-ring (bicyclic) bond motifs is 1. The highest BCUT2D eigenvalue weighted by Gasteiger charge is 2.31. The van der Waals surface area contributed by atoms with Crippen molar-refractivity contribution in [1.29, 1.82) is 0 Å². The molecule has 27 heavy (non-hydrogen) atoms. The van der Waals surface area contributed by atoms with Gasteiger partial charge in [0, 0.05) is 38.4 Å². The molecule has 0 atom stereocenters. The fraction of sp³-hybridized carbons (Fsp3) is 0.500. The molecular weight excluding hydrogens is 368 g/mol. The number of sulfone groups is 1. The van der Waals surface area contributed by atoms with Gasteiger partial charge in [0.2, 0.25) is 0 Å². The van der Waals surface area contributed by atoms with E-state index in [1.807, 2.05) is 6.07 Å². The molecule has 4 rings (SSSR count). The second kappa shape index (κ2) is 7.05. The standard InChI is InChI=1S/C18H22N4O4S/c23-22(24)18-15-2-1-7-19-16(15)3-4-17(18)21-8-5-14(6-9-21)20-10-12-27(25,26)13-11-20/h1-4,7,14H,5-6,8-13H2. The number of hydrogen-bond donors (Lipinski definition) is 0. The smallest absolute Gasteiger partial charge is 0.301 e. The molecule has 0 aliphatic carbocycles. The Kier molecular flexibility index (Phi) is 4.73. The zero-order valence-corrected chi connectivity index (χ0v) is 15.8. The van der Waals surface area contributed by atoms with Crippen molar-refractivity contribution < 1.29 is 13.3 Å². The molecular formula is C18H22N4O4S. The predicted octanol–water partition coefficient (Wildman–Crippen LogP) is 1.84. The summed E-state index contributed by atoms with van der Waals surface area (Å²) in [4.78, 5) is 20.0. The van der Waals surface area contributed by atoms with E-state index in [0.29, 0.717) is 35.7 Å². The molecule has 1 aromatic heterocycles. The number of rotatable bonds is 3. The van der Waals surface area contributed by atoms with Crippen LogP contribution in [0.2, 0.25) is 0 Å². The summed E-state index contributed by atoms with van der Waals surface area (Å²) in [6.45, 7) is 2.63. The molecule has 0 bridgehead atoms. The second-order valence-corrected chi connectivity index (χ2v) is 9.47. The van der Waals surface area contributed by atoms with Crippen LogP contribution in [0.4, 0.5) is 11.4 Å². The van der Waals surface area contributed by atoms with Crippen LogP contribution in [0, 0.1) is 10.1 Å². The van der Waals surface area contributed by atoms with Crippen LogP contribution < -0.4 is 4.90 Å². The first-order valence-corrected chi connectivity index (χ1v) is 11.0. The minimum atomic E-state index is -2.88. The first-order chi connectivity index (χ1) is 12.9. The van der Waals surface area contributed by atoms with Gasteiger partial charge >= 0.3 is 5.69 Å². The molecule has 0 saturated carbocycles. The zero-order chi connectivity index (χ0) is 19.0. The third kappa shape index (κ3) is 3.61. The Balaban J connectivity index is 1.52. The van der Waals surface area contributed by atoms with E-state index < -0.39 is 9.84 Å². The van der Waals surface area contributed by atoms with Gasteiger partial charge in [-0.3, -0.25) is 20.0 Å². The highest BCUT2D eigenvalue weighted by atomic mass is 32.2. The Morgan fingerprint density at radius 1 is 1.07 bits per heavy atom. The molecule has 0 radical (unpaired) electrons. The van der Waals surface area contributed by atoms with E-state index in [4.69, 9.17) is 0 Å². The first-order valence-electron chi connectivity index (χ1n) is 9.16. The quantitative estimate of drug-likeness (QED) is 0.583. The zero-order valence-electron chi connectivity index (χ0n) is 15.0. The summed E-state index contributed by atoms with van der Waals surface area (Å²) < 4.78 is 23.2. The van der Waals surface area contributed by atoms with Gasteiger partial charge in [-0.05, 0) is 37.1 Å². The summed E-state index contributed by atoms with van der Waals surface area (Å²) >= 11 is 0. The minimum absolute atomic E-state index is 0.114. The molecule has 2 aliphatic heterocycles. The molecule has 0 amide bonds. The second-order valence-electron chi connectivity index (χ2n) is 7.17. The molecule has 8 nitrogen and oxygen atoms in total. The van der Waals surface area contributed by atoms with Crippen LogP contribution in [0.3, 0.4) is 0 Å². The first kappa shape index (κ1) is 18.1. The van der Waals surface area contributed by atoms with E-state index in [-0.39, 0.29) is 22.1 Å². The molecule has 144 valence electrons. The molecule has 2 saturated heterocycles. The van der Waals surface area contributed by atoms with Crippen molar-refractivity contribution >= 4 is 32.1 Å². The Bertz CT molecular complexity index is 956. The number of piperidine rings is 1. The van der Waals surface area contributed by atoms with Crippen LogP contribution in [0.25, 0.3) is 10.9 Å². The lowest BCUT2D eigenvalue weighted by Gasteiger charge is -2.40. The number of benzene rings is 1. The molecule has 2 aromatic rings. The SMILES string of the molecule is O=[N+]([O-])c1c(N2CCC(N3CCS(=O)(=O)CC3)CC2)ccc2ncccc12. The van der Waals surface area contributed by atoms with Gasteiger partial charge in [-0.1, -0.05) is 0 Å². The lowest BCUT2D eigenvalue weighted by molar-refractivity contribution is -0.382. The molecule has 2 aliphatic rings. The average Bonchev–Trinajstić information content (AvgIpc) is 2.67. The lowest BCUT2D eigenvalue weighted by atomic mass is 10.0. The largest absolute Gasteiger partial charge is 0.366 e. The monoisotopic (exact) mass is 390 g/mol. The number of pyridine rings is 1. The number of aromatic nitrogens is 1. The van der Waals surface area contributed by atoms with Gasteiger partial charge < -0.3 is 4.90 Å². The van der Waals surface area contributed by atoms with Gasteiger partial charge in [0.1, 0.15) is 5.69 Å². The van der Waals surface area contributed by atoms with E-state index in [1.54, 1.807) is 24.4 Å². The molecule has 3 heterocycles. The average molecular weight is 390 g/mol. The van der Waals surface area contributed by atoms with E-state index in [0.717, 1.165) is 25.9 Å². The molecule has 0 spiro atoms. The van der Waals surface area contributed by atoms with Crippen LogP contribution in [0.1, 0.15) is 12.8 Å². The van der Waals surface area contributed by atoms with Gasteiger partial charge in [0.25, 0.3) is 0 Å². The fourth-order valence-corrected chi connectivity index (χ4v) is 5.37. The maximum atomic E-state index is 11.7. The van der Waals surface area contributed by atoms with Crippen molar-refractivity contribution in [1.82, 2.24) is 9.88 Å². The number of anilines is 1. The Morgan fingerprint density at radius 3 is 2.44 bits per heavy atom. The topological polar surface area (TPSA) is 96.6 Å². The van der Waals surface area contributed by atoms with E-state index in [2.05, 4.69) is 14.8 Å². The predicted molar refractivity (Wildman–Crippen MR) is 104 cm³/mol. The minimum Gasteiger partial charge on any atom is -0.366 e. The Morgan fingerprint density at radius 2 is 1.78 bits per heavy atom. The third-order valence-corrected chi connectivity index (χ3v) is 7.23. The van der Waals surface area contributed by atoms with E-state index in [1.165, 1.54) is 0 Å². The Hall–Kier alpha value is -2.26. The summed E-state index contributed by atoms with van der Waals surface area (Å²) in [5.41, 5.74) is 1.38. The van der Waals surface area contributed by atoms with Crippen molar-refractivity contribution in [3.05, 3.63) is 40.6 Å². The molecule has 9 heteroatoms. The van der Waals surface area contributed by atoms with Crippen molar-refractivity contribution in [2.24, 2.45) is 0 Å². The van der Waals surface area contributed by atoms with Crippen molar-refractivity contribution in [3.63, 3.8) is 0 Å². The summed E-state index contributed by atoms with van der Waals surface area (Å²) in [6, 6.07) is 7.43. The van der Waals surface area contributed by atoms with Crippen LogP contribution >= 0.6 is 0 Å². The third-order valence-electron chi connectivity index (χ3n) is 5.62. The Labute approximate surface area is 157 Å². The van der Waals surface area contributed by atoms with E-state index in [9.17, 15) is 18.5 Å². The number of nitro benzene ring substituents is 1. The number of nitrogens with zero attached hydrogens (tertiary/aromatic N) is 4. The molecule has 2 fully saturated rings. The number of nitro groups is 1. The fourth-order valence-electron chi connectivity index (χ4n) is 4.14. The normalized spacial score (nSPS) is 21.4. The molecule has 0 N–H and O–H groups in total. The lowest BCUT2D eigenvalue weighted by Crippen LogP contribution is -2.50. The summed E-state index contributed by atoms with van der Waals surface area (Å²) in [5, 5.41) is 12.3. The van der Waals surface area contributed by atoms with Crippen molar-refractivity contribution in [2.75, 3.05) is 42.6 Å². The van der Waals surface area contributed by atoms with Crippen LogP contribution in [-0.4, -0.2) is 67.0 Å². The summed E-state index contributed by atoms with van der Waals surface area (Å²) in [6.07, 6.45) is 3.39. The van der Waals surface area contributed by atoms with Gasteiger partial charge in [0.05, 0.1) is 27.3 Å². The van der Waals surface area contributed by atoms with Gasteiger partial charge in [-0.15, -0.1) is 0 Å². The van der Waals surface area contributed by atoms with Gasteiger partial charge in [-0.2, -0.15) is 0 Å². The van der Waals surface area contributed by atoms with Crippen LogP contribution in [0.5, 0.6) is 0 Å². The van der Waals surface area contributed by atoms with Crippen molar-refractivity contribution in [3.8, 4) is 0 Å². The van der Waals surface area contributed by atoms with Gasteiger partial charge in [0.15, 0.2) is 9.84 Å². The number of hydrogen-bond acceptors (Lipinski definition) is 7. The highest BCUT2D eigenvalue weighted by Crippen LogP contribution is 2.36. The molecule has 0 unspecified atom stereocenters.